The van der Waals surface area contributed by atoms with Gasteiger partial charge in [-0.15, -0.1) is 0 Å². The number of hydrogen-bond donors (Lipinski definition) is 0. The summed E-state index contributed by atoms with van der Waals surface area (Å²) in [6, 6.07) is 5.31. The Kier molecular flexibility index (Phi) is 5.63. The molecule has 0 atom stereocenters. The number of allylic oxidation sites excluding steroid dienone is 4. The van der Waals surface area contributed by atoms with Crippen LogP contribution in [0.25, 0.3) is 0 Å². The summed E-state index contributed by atoms with van der Waals surface area (Å²) in [4.78, 5) is 24.3. The van der Waals surface area contributed by atoms with Crippen LogP contribution in [0.3, 0.4) is 0 Å². The minimum absolute atomic E-state index is 0.0675. The lowest BCUT2D eigenvalue weighted by Gasteiger charge is -2.30. The van der Waals surface area contributed by atoms with Crippen molar-refractivity contribution in [3.8, 4) is 5.75 Å². The van der Waals surface area contributed by atoms with Crippen molar-refractivity contribution in [2.75, 3.05) is 13.2 Å². The molecule has 0 aromatic heterocycles. The lowest BCUT2D eigenvalue weighted by atomic mass is 9.73. The molecule has 28 heavy (non-hydrogen) atoms. The first-order valence-corrected chi connectivity index (χ1v) is 9.30. The number of ether oxygens (including phenoxy) is 1. The topological polar surface area (TPSA) is 46.6 Å². The molecule has 150 valence electrons. The number of carbonyl (C=O) groups excluding carboxylic acids is 2. The van der Waals surface area contributed by atoms with Gasteiger partial charge in [0.05, 0.1) is 6.61 Å². The van der Waals surface area contributed by atoms with Crippen LogP contribution < -0.4 is 4.74 Å². The molecule has 0 N–H and O–H groups in total. The number of hydrogen-bond acceptors (Lipinski definition) is 3. The minimum atomic E-state index is -4.93. The van der Waals surface area contributed by atoms with Gasteiger partial charge in [0.1, 0.15) is 5.75 Å². The highest BCUT2D eigenvalue weighted by Crippen LogP contribution is 2.40. The summed E-state index contributed by atoms with van der Waals surface area (Å²) in [7, 11) is 0. The molecule has 1 amide bonds. The molecule has 1 aromatic carbocycles. The number of rotatable bonds is 4. The molecule has 1 heterocycles. The second kappa shape index (κ2) is 7.81. The summed E-state index contributed by atoms with van der Waals surface area (Å²) in [5, 5.41) is 0. The molecule has 4 nitrogen and oxygen atoms in total. The van der Waals surface area contributed by atoms with Gasteiger partial charge >= 0.3 is 12.1 Å². The SMILES string of the molecule is CCCCOc1ccc2c(c1)CN(C(=O)C(F)(F)F)CCC21C=CC(=O)C=C1. The normalized spacial score (nSPS) is 18.1. The Hall–Kier alpha value is -2.57. The lowest BCUT2D eigenvalue weighted by Crippen LogP contribution is -2.41. The van der Waals surface area contributed by atoms with Crippen molar-refractivity contribution in [3.63, 3.8) is 0 Å². The van der Waals surface area contributed by atoms with Gasteiger partial charge in [0.15, 0.2) is 5.78 Å². The third-order valence-corrected chi connectivity index (χ3v) is 5.12. The Morgan fingerprint density at radius 3 is 2.61 bits per heavy atom. The number of nitrogens with zero attached hydrogens (tertiary/aromatic N) is 1. The van der Waals surface area contributed by atoms with Crippen LogP contribution in [0.1, 0.15) is 37.3 Å². The number of alkyl halides is 3. The van der Waals surface area contributed by atoms with Gasteiger partial charge in [0, 0.05) is 18.5 Å². The monoisotopic (exact) mass is 393 g/mol. The predicted molar refractivity (Wildman–Crippen MR) is 97.9 cm³/mol. The molecule has 1 aliphatic carbocycles. The van der Waals surface area contributed by atoms with Crippen molar-refractivity contribution in [1.29, 1.82) is 0 Å². The van der Waals surface area contributed by atoms with Gasteiger partial charge < -0.3 is 9.64 Å². The number of unbranched alkanes of at least 4 members (excludes halogenated alkanes) is 1. The van der Waals surface area contributed by atoms with Gasteiger partial charge in [-0.2, -0.15) is 13.2 Å². The molecule has 0 saturated heterocycles. The smallest absolute Gasteiger partial charge is 0.471 e. The Morgan fingerprint density at radius 1 is 1.25 bits per heavy atom. The fraction of sp³-hybridized carbons (Fsp3) is 0.429. The van der Waals surface area contributed by atoms with E-state index < -0.39 is 17.5 Å². The Balaban J connectivity index is 2.00. The van der Waals surface area contributed by atoms with Gasteiger partial charge in [0.2, 0.25) is 0 Å². The van der Waals surface area contributed by atoms with Gasteiger partial charge in [-0.3, -0.25) is 9.59 Å². The first-order chi connectivity index (χ1) is 13.2. The average molecular weight is 393 g/mol. The van der Waals surface area contributed by atoms with E-state index in [1.54, 1.807) is 24.3 Å². The van der Waals surface area contributed by atoms with E-state index in [4.69, 9.17) is 4.74 Å². The van der Waals surface area contributed by atoms with Gasteiger partial charge in [0.25, 0.3) is 0 Å². The maximum Gasteiger partial charge on any atom is 0.471 e. The van der Waals surface area contributed by atoms with Crippen LogP contribution in [0.4, 0.5) is 13.2 Å². The predicted octanol–water partition coefficient (Wildman–Crippen LogP) is 4.09. The van der Waals surface area contributed by atoms with Gasteiger partial charge in [-0.1, -0.05) is 31.6 Å². The molecule has 0 bridgehead atoms. The minimum Gasteiger partial charge on any atom is -0.494 e. The third-order valence-electron chi connectivity index (χ3n) is 5.12. The standard InChI is InChI=1S/C21H22F3NO3/c1-2-3-12-28-17-4-5-18-15(13-17)14-25(19(27)21(22,23)24)11-10-20(18)8-6-16(26)7-9-20/h4-9,13H,2-3,10-12,14H2,1H3. The highest BCUT2D eigenvalue weighted by molar-refractivity contribution is 6.00. The molecule has 1 spiro atoms. The zero-order chi connectivity index (χ0) is 20.4. The van der Waals surface area contributed by atoms with E-state index in [1.807, 2.05) is 13.0 Å². The zero-order valence-electron chi connectivity index (χ0n) is 15.6. The highest BCUT2D eigenvalue weighted by Gasteiger charge is 2.45. The summed E-state index contributed by atoms with van der Waals surface area (Å²) in [5.41, 5.74) is 0.659. The second-order valence-electron chi connectivity index (χ2n) is 7.10. The maximum atomic E-state index is 13.0. The van der Waals surface area contributed by atoms with Gasteiger partial charge in [-0.05, 0) is 48.3 Å². The average Bonchev–Trinajstić information content (AvgIpc) is 2.80. The number of ketones is 1. The molecule has 3 rings (SSSR count). The summed E-state index contributed by atoms with van der Waals surface area (Å²) in [6.07, 6.45) is 3.45. The number of amides is 1. The van der Waals surface area contributed by atoms with Gasteiger partial charge in [-0.25, -0.2) is 0 Å². The molecule has 1 aliphatic heterocycles. The maximum absolute atomic E-state index is 13.0. The summed E-state index contributed by atoms with van der Waals surface area (Å²) >= 11 is 0. The summed E-state index contributed by atoms with van der Waals surface area (Å²) < 4.78 is 44.8. The van der Waals surface area contributed by atoms with Crippen molar-refractivity contribution in [1.82, 2.24) is 4.90 Å². The molecular weight excluding hydrogens is 371 g/mol. The fourth-order valence-corrected chi connectivity index (χ4v) is 3.59. The van der Waals surface area contributed by atoms with Crippen molar-refractivity contribution in [2.24, 2.45) is 0 Å². The number of halogens is 3. The van der Waals surface area contributed by atoms with Crippen LogP contribution in [0, 0.1) is 0 Å². The Labute approximate surface area is 161 Å². The summed E-state index contributed by atoms with van der Waals surface area (Å²) in [6.45, 7) is 2.33. The van der Waals surface area contributed by atoms with E-state index in [9.17, 15) is 22.8 Å². The molecule has 0 saturated carbocycles. The van der Waals surface area contributed by atoms with E-state index in [2.05, 4.69) is 0 Å². The van der Waals surface area contributed by atoms with E-state index >= 15 is 0 Å². The van der Waals surface area contributed by atoms with Crippen molar-refractivity contribution in [2.45, 2.75) is 44.3 Å². The van der Waals surface area contributed by atoms with Crippen LogP contribution in [0.2, 0.25) is 0 Å². The fourth-order valence-electron chi connectivity index (χ4n) is 3.59. The quantitative estimate of drug-likeness (QED) is 0.724. The van der Waals surface area contributed by atoms with Crippen LogP contribution in [0.5, 0.6) is 5.75 Å². The number of benzene rings is 1. The second-order valence-corrected chi connectivity index (χ2v) is 7.10. The lowest BCUT2D eigenvalue weighted by molar-refractivity contribution is -0.186. The molecule has 0 unspecified atom stereocenters. The van der Waals surface area contributed by atoms with Crippen LogP contribution in [0.15, 0.2) is 42.5 Å². The van der Waals surface area contributed by atoms with E-state index in [0.717, 1.165) is 23.3 Å². The van der Waals surface area contributed by atoms with E-state index in [0.29, 0.717) is 17.9 Å². The van der Waals surface area contributed by atoms with Crippen LogP contribution in [-0.4, -0.2) is 35.9 Å². The van der Waals surface area contributed by atoms with E-state index in [1.165, 1.54) is 12.2 Å². The molecule has 0 radical (unpaired) electrons. The van der Waals surface area contributed by atoms with Crippen molar-refractivity contribution in [3.05, 3.63) is 53.6 Å². The number of carbonyl (C=O) groups is 2. The Bertz CT molecular complexity index is 811. The zero-order valence-corrected chi connectivity index (χ0v) is 15.6. The molecule has 1 aromatic rings. The number of fused-ring (bicyclic) bond motifs is 2. The molecule has 7 heteroatoms. The van der Waals surface area contributed by atoms with Crippen molar-refractivity contribution >= 4 is 11.7 Å². The van der Waals surface area contributed by atoms with Crippen LogP contribution >= 0.6 is 0 Å². The highest BCUT2D eigenvalue weighted by atomic mass is 19.4. The van der Waals surface area contributed by atoms with Crippen LogP contribution in [-0.2, 0) is 21.5 Å². The van der Waals surface area contributed by atoms with E-state index in [-0.39, 0.29) is 25.3 Å². The third kappa shape index (κ3) is 4.13. The largest absolute Gasteiger partial charge is 0.494 e. The van der Waals surface area contributed by atoms with Crippen molar-refractivity contribution < 1.29 is 27.5 Å². The summed E-state index contributed by atoms with van der Waals surface area (Å²) in [5.74, 6) is -1.46. The molecular formula is C21H22F3NO3. The first-order valence-electron chi connectivity index (χ1n) is 9.30. The molecule has 0 fully saturated rings. The first kappa shape index (κ1) is 20.2. The molecule has 2 aliphatic rings. The Morgan fingerprint density at radius 2 is 1.96 bits per heavy atom.